The summed E-state index contributed by atoms with van der Waals surface area (Å²) in [5.41, 5.74) is 0. The van der Waals surface area contributed by atoms with E-state index in [1.807, 2.05) is 6.92 Å². The van der Waals surface area contributed by atoms with Crippen LogP contribution in [-0.2, 0) is 4.74 Å². The van der Waals surface area contributed by atoms with Crippen LogP contribution in [0.3, 0.4) is 0 Å². The van der Waals surface area contributed by atoms with Crippen molar-refractivity contribution in [3.8, 4) is 0 Å². The highest BCUT2D eigenvalue weighted by Gasteiger charge is 2.15. The van der Waals surface area contributed by atoms with Gasteiger partial charge in [-0.05, 0) is 31.8 Å². The van der Waals surface area contributed by atoms with Crippen molar-refractivity contribution in [2.45, 2.75) is 38.8 Å². The molecule has 0 aromatic rings. The van der Waals surface area contributed by atoms with E-state index in [1.165, 1.54) is 0 Å². The molecule has 82 valence electrons. The third-order valence-corrected chi connectivity index (χ3v) is 2.83. The maximum absolute atomic E-state index is 8.96. The molecule has 1 rings (SSSR count). The van der Waals surface area contributed by atoms with Gasteiger partial charge in [-0.15, -0.1) is 0 Å². The molecule has 0 bridgehead atoms. The van der Waals surface area contributed by atoms with Crippen LogP contribution in [-0.4, -0.2) is 30.4 Å². The number of ether oxygens (including phenoxy) is 1. The van der Waals surface area contributed by atoms with Crippen molar-refractivity contribution in [1.82, 2.24) is 5.32 Å². The highest BCUT2D eigenvalue weighted by molar-refractivity contribution is 4.83. The molecule has 1 aliphatic heterocycles. The summed E-state index contributed by atoms with van der Waals surface area (Å²) in [6, 6.07) is 0.342. The fourth-order valence-electron chi connectivity index (χ4n) is 1.41. The topological polar surface area (TPSA) is 41.5 Å². The maximum atomic E-state index is 8.96. The Hall–Kier alpha value is -0.540. The van der Waals surface area contributed by atoms with E-state index >= 15 is 0 Å². The third kappa shape index (κ3) is 3.68. The predicted octanol–water partition coefficient (Wildman–Crippen LogP) is 1.29. The number of aliphatic hydroxyl groups excluding tert-OH is 1. The van der Waals surface area contributed by atoms with Crippen LogP contribution in [0.1, 0.15) is 26.7 Å². The molecule has 0 aliphatic carbocycles. The second kappa shape index (κ2) is 6.04. The Morgan fingerprint density at radius 2 is 2.36 bits per heavy atom. The van der Waals surface area contributed by atoms with E-state index in [0.717, 1.165) is 19.4 Å². The Morgan fingerprint density at radius 1 is 1.57 bits per heavy atom. The zero-order valence-corrected chi connectivity index (χ0v) is 9.07. The lowest BCUT2D eigenvalue weighted by atomic mass is 10.0. The highest BCUT2D eigenvalue weighted by Crippen LogP contribution is 2.10. The first kappa shape index (κ1) is 11.5. The van der Waals surface area contributed by atoms with Gasteiger partial charge < -0.3 is 15.2 Å². The summed E-state index contributed by atoms with van der Waals surface area (Å²) in [5, 5.41) is 12.3. The fraction of sp³-hybridized carbons (Fsp3) is 0.818. The van der Waals surface area contributed by atoms with E-state index in [-0.39, 0.29) is 6.61 Å². The van der Waals surface area contributed by atoms with Gasteiger partial charge in [0.2, 0.25) is 0 Å². The minimum Gasteiger partial charge on any atom is -0.497 e. The standard InChI is InChI=1S/C11H21NO2/c1-9(8-13)10(2)12-7-11-5-3-4-6-14-11/h4,6,9-13H,3,5,7-8H2,1-2H3. The minimum absolute atomic E-state index is 0.236. The summed E-state index contributed by atoms with van der Waals surface area (Å²) >= 11 is 0. The van der Waals surface area contributed by atoms with Crippen LogP contribution in [0.15, 0.2) is 12.3 Å². The summed E-state index contributed by atoms with van der Waals surface area (Å²) in [6.07, 6.45) is 6.33. The van der Waals surface area contributed by atoms with Crippen LogP contribution in [0.4, 0.5) is 0 Å². The second-order valence-electron chi connectivity index (χ2n) is 4.06. The summed E-state index contributed by atoms with van der Waals surface area (Å²) in [6.45, 7) is 5.24. The Bertz CT molecular complexity index is 182. The molecule has 0 saturated heterocycles. The molecule has 3 atom stereocenters. The third-order valence-electron chi connectivity index (χ3n) is 2.83. The van der Waals surface area contributed by atoms with Crippen LogP contribution >= 0.6 is 0 Å². The molecule has 3 nitrogen and oxygen atoms in total. The van der Waals surface area contributed by atoms with Gasteiger partial charge in [0.1, 0.15) is 6.10 Å². The van der Waals surface area contributed by atoms with E-state index in [0.29, 0.717) is 18.1 Å². The molecular weight excluding hydrogens is 178 g/mol. The lowest BCUT2D eigenvalue weighted by Gasteiger charge is -2.24. The molecule has 0 amide bonds. The second-order valence-corrected chi connectivity index (χ2v) is 4.06. The Balaban J connectivity index is 2.16. The predicted molar refractivity (Wildman–Crippen MR) is 57.0 cm³/mol. The van der Waals surface area contributed by atoms with E-state index in [4.69, 9.17) is 9.84 Å². The summed E-state index contributed by atoms with van der Waals surface area (Å²) in [4.78, 5) is 0. The van der Waals surface area contributed by atoms with E-state index < -0.39 is 0 Å². The Labute approximate surface area is 86.2 Å². The van der Waals surface area contributed by atoms with Crippen molar-refractivity contribution >= 4 is 0 Å². The highest BCUT2D eigenvalue weighted by atomic mass is 16.5. The smallest absolute Gasteiger partial charge is 0.110 e. The van der Waals surface area contributed by atoms with Crippen LogP contribution in [0, 0.1) is 5.92 Å². The molecule has 3 unspecified atom stereocenters. The minimum atomic E-state index is 0.236. The van der Waals surface area contributed by atoms with Crippen LogP contribution < -0.4 is 5.32 Å². The molecule has 1 aliphatic rings. The van der Waals surface area contributed by atoms with Crippen molar-refractivity contribution in [3.63, 3.8) is 0 Å². The van der Waals surface area contributed by atoms with Gasteiger partial charge in [-0.2, -0.15) is 0 Å². The van der Waals surface area contributed by atoms with Gasteiger partial charge in [-0.3, -0.25) is 0 Å². The number of hydrogen-bond acceptors (Lipinski definition) is 3. The van der Waals surface area contributed by atoms with Crippen molar-refractivity contribution < 1.29 is 9.84 Å². The molecule has 0 radical (unpaired) electrons. The number of hydrogen-bond donors (Lipinski definition) is 2. The fourth-order valence-corrected chi connectivity index (χ4v) is 1.41. The first-order valence-electron chi connectivity index (χ1n) is 5.38. The molecule has 0 aromatic heterocycles. The average Bonchev–Trinajstić information content (AvgIpc) is 2.26. The maximum Gasteiger partial charge on any atom is 0.110 e. The van der Waals surface area contributed by atoms with Gasteiger partial charge >= 0.3 is 0 Å². The number of aliphatic hydroxyl groups is 1. The quantitative estimate of drug-likeness (QED) is 0.701. The largest absolute Gasteiger partial charge is 0.497 e. The van der Waals surface area contributed by atoms with Crippen molar-refractivity contribution in [1.29, 1.82) is 0 Å². The molecule has 0 aromatic carbocycles. The van der Waals surface area contributed by atoms with Gasteiger partial charge in [0.25, 0.3) is 0 Å². The van der Waals surface area contributed by atoms with Crippen molar-refractivity contribution in [2.75, 3.05) is 13.2 Å². The normalized spacial score (nSPS) is 25.5. The van der Waals surface area contributed by atoms with Crippen molar-refractivity contribution in [3.05, 3.63) is 12.3 Å². The Kier molecular flexibility index (Phi) is 4.98. The number of allylic oxidation sites excluding steroid dienone is 1. The lowest BCUT2D eigenvalue weighted by molar-refractivity contribution is 0.113. The zero-order chi connectivity index (χ0) is 10.4. The first-order chi connectivity index (χ1) is 6.74. The Morgan fingerprint density at radius 3 is 2.93 bits per heavy atom. The number of nitrogens with one attached hydrogen (secondary N) is 1. The monoisotopic (exact) mass is 199 g/mol. The molecule has 0 fully saturated rings. The molecule has 0 saturated carbocycles. The molecule has 3 heteroatoms. The van der Waals surface area contributed by atoms with Crippen LogP contribution in [0.25, 0.3) is 0 Å². The molecule has 2 N–H and O–H groups in total. The van der Waals surface area contributed by atoms with Gasteiger partial charge in [0, 0.05) is 19.2 Å². The number of rotatable bonds is 5. The van der Waals surface area contributed by atoms with E-state index in [9.17, 15) is 0 Å². The van der Waals surface area contributed by atoms with Gasteiger partial charge in [0.05, 0.1) is 6.26 Å². The van der Waals surface area contributed by atoms with Crippen LogP contribution in [0.2, 0.25) is 0 Å². The molecular formula is C11H21NO2. The van der Waals surface area contributed by atoms with Gasteiger partial charge in [-0.1, -0.05) is 6.92 Å². The summed E-state index contributed by atoms with van der Waals surface area (Å²) < 4.78 is 5.44. The molecule has 14 heavy (non-hydrogen) atoms. The van der Waals surface area contributed by atoms with Gasteiger partial charge in [-0.25, -0.2) is 0 Å². The lowest BCUT2D eigenvalue weighted by Crippen LogP contribution is -2.39. The summed E-state index contributed by atoms with van der Waals surface area (Å²) in [7, 11) is 0. The SMILES string of the molecule is CC(CO)C(C)NCC1CCC=CO1. The van der Waals surface area contributed by atoms with Gasteiger partial charge in [0.15, 0.2) is 0 Å². The van der Waals surface area contributed by atoms with Crippen LogP contribution in [0.5, 0.6) is 0 Å². The summed E-state index contributed by atoms with van der Waals surface area (Å²) in [5.74, 6) is 0.300. The molecule has 1 heterocycles. The van der Waals surface area contributed by atoms with E-state index in [2.05, 4.69) is 18.3 Å². The molecule has 0 spiro atoms. The zero-order valence-electron chi connectivity index (χ0n) is 9.07. The first-order valence-corrected chi connectivity index (χ1v) is 5.38. The van der Waals surface area contributed by atoms with Crippen molar-refractivity contribution in [2.24, 2.45) is 5.92 Å². The average molecular weight is 199 g/mol. The van der Waals surface area contributed by atoms with E-state index in [1.54, 1.807) is 6.26 Å².